The van der Waals surface area contributed by atoms with Crippen molar-refractivity contribution in [3.8, 4) is 11.3 Å². The summed E-state index contributed by atoms with van der Waals surface area (Å²) in [6.07, 6.45) is 1.04. The Bertz CT molecular complexity index is 834. The lowest BCUT2D eigenvalue weighted by atomic mass is 10.1. The van der Waals surface area contributed by atoms with Gasteiger partial charge in [0.15, 0.2) is 0 Å². The van der Waals surface area contributed by atoms with Gasteiger partial charge in [-0.25, -0.2) is 4.68 Å². The molecule has 0 bridgehead atoms. The van der Waals surface area contributed by atoms with E-state index in [-0.39, 0.29) is 4.75 Å². The molecule has 0 saturated heterocycles. The van der Waals surface area contributed by atoms with Crippen LogP contribution in [0.25, 0.3) is 11.3 Å². The minimum Gasteiger partial charge on any atom is -0.233 e. The van der Waals surface area contributed by atoms with Crippen molar-refractivity contribution in [3.63, 3.8) is 0 Å². The van der Waals surface area contributed by atoms with Crippen molar-refractivity contribution in [1.82, 2.24) is 15.0 Å². The molecule has 0 N–H and O–H groups in total. The van der Waals surface area contributed by atoms with Crippen LogP contribution in [0.2, 0.25) is 0 Å². The van der Waals surface area contributed by atoms with Crippen molar-refractivity contribution >= 4 is 21.6 Å². The maximum atomic E-state index is 4.52. The van der Waals surface area contributed by atoms with Crippen LogP contribution in [0.1, 0.15) is 38.8 Å². The fourth-order valence-electron chi connectivity index (χ4n) is 2.49. The summed E-state index contributed by atoms with van der Waals surface area (Å²) in [5, 5.41) is 10.1. The molecule has 26 heavy (non-hydrogen) atoms. The Balaban J connectivity index is 1.94. The van der Waals surface area contributed by atoms with Crippen LogP contribution in [-0.4, -0.2) is 19.7 Å². The zero-order valence-corrected chi connectivity index (χ0v) is 17.4. The summed E-state index contributed by atoms with van der Waals surface area (Å²) in [6.45, 7) is 9.59. The zero-order valence-electron chi connectivity index (χ0n) is 15.8. The van der Waals surface area contributed by atoms with Gasteiger partial charge in [-0.15, -0.1) is 5.10 Å². The molecule has 0 radical (unpaired) electrons. The van der Waals surface area contributed by atoms with Gasteiger partial charge in [-0.05, 0) is 28.3 Å². The van der Waals surface area contributed by atoms with Gasteiger partial charge in [-0.2, -0.15) is 0 Å². The molecule has 136 valence electrons. The third-order valence-corrected chi connectivity index (χ3v) is 7.24. The number of nitrogens with zero attached hydrogens (tertiary/aromatic N) is 3. The van der Waals surface area contributed by atoms with Gasteiger partial charge in [-0.1, -0.05) is 98.3 Å². The highest BCUT2D eigenvalue weighted by Crippen LogP contribution is 2.43. The maximum absolute atomic E-state index is 4.52. The van der Waals surface area contributed by atoms with E-state index in [1.54, 1.807) is 10.8 Å². The number of aryl methyl sites for hydroxylation is 1. The summed E-state index contributed by atoms with van der Waals surface area (Å²) in [5.41, 5.74) is 4.65. The Morgan fingerprint density at radius 1 is 0.923 bits per heavy atom. The number of hydrogen-bond donors (Lipinski definition) is 0. The van der Waals surface area contributed by atoms with Crippen LogP contribution in [0.3, 0.4) is 0 Å². The van der Waals surface area contributed by atoms with Crippen molar-refractivity contribution in [2.24, 2.45) is 0 Å². The molecule has 0 aliphatic rings. The van der Waals surface area contributed by atoms with E-state index in [1.165, 1.54) is 11.1 Å². The Kier molecular flexibility index (Phi) is 6.09. The van der Waals surface area contributed by atoms with Gasteiger partial charge in [0.2, 0.25) is 0 Å². The molecule has 0 fully saturated rings. The first-order chi connectivity index (χ1) is 12.5. The molecule has 2 aromatic carbocycles. The van der Waals surface area contributed by atoms with Crippen LogP contribution in [0.5, 0.6) is 0 Å². The average Bonchev–Trinajstić information content (AvgIpc) is 3.03. The Morgan fingerprint density at radius 2 is 1.62 bits per heavy atom. The number of rotatable bonds is 6. The Hall–Kier alpha value is -1.72. The molecule has 1 aromatic heterocycles. The van der Waals surface area contributed by atoms with E-state index in [0.717, 1.165) is 29.2 Å². The average molecular weight is 384 g/mol. The molecular weight excluding hydrogens is 358 g/mol. The largest absolute Gasteiger partial charge is 0.233 e. The summed E-state index contributed by atoms with van der Waals surface area (Å²) in [6, 6.07) is 19.1. The molecule has 0 saturated carbocycles. The van der Waals surface area contributed by atoms with Crippen molar-refractivity contribution in [2.75, 3.05) is 0 Å². The molecular formula is C21H25N3S2. The van der Waals surface area contributed by atoms with Crippen LogP contribution in [0.4, 0.5) is 0 Å². The van der Waals surface area contributed by atoms with E-state index in [0.29, 0.717) is 0 Å². The lowest BCUT2D eigenvalue weighted by Crippen LogP contribution is -2.06. The SMILES string of the molecule is CCc1ccc(-c2nnn(Cc3ccccc3)c2SSC(C)(C)C)cc1. The summed E-state index contributed by atoms with van der Waals surface area (Å²) in [5.74, 6) is 0. The summed E-state index contributed by atoms with van der Waals surface area (Å²) in [4.78, 5) is 0. The molecule has 0 aliphatic carbocycles. The number of hydrogen-bond acceptors (Lipinski definition) is 4. The molecule has 3 nitrogen and oxygen atoms in total. The summed E-state index contributed by atoms with van der Waals surface area (Å²) < 4.78 is 2.18. The molecule has 3 aromatic rings. The Morgan fingerprint density at radius 3 is 2.23 bits per heavy atom. The fourth-order valence-corrected chi connectivity index (χ4v) is 4.73. The first kappa shape index (κ1) is 19.1. The first-order valence-corrected chi connectivity index (χ1v) is 11.0. The van der Waals surface area contributed by atoms with E-state index in [1.807, 2.05) is 21.5 Å². The minimum absolute atomic E-state index is 0.163. The van der Waals surface area contributed by atoms with Gasteiger partial charge < -0.3 is 0 Å². The van der Waals surface area contributed by atoms with Gasteiger partial charge in [0.1, 0.15) is 10.7 Å². The third kappa shape index (κ3) is 4.92. The lowest BCUT2D eigenvalue weighted by molar-refractivity contribution is 0.605. The quantitative estimate of drug-likeness (QED) is 0.482. The van der Waals surface area contributed by atoms with Crippen LogP contribution in [-0.2, 0) is 13.0 Å². The minimum atomic E-state index is 0.163. The van der Waals surface area contributed by atoms with E-state index < -0.39 is 0 Å². The summed E-state index contributed by atoms with van der Waals surface area (Å²) >= 11 is 0. The van der Waals surface area contributed by atoms with E-state index >= 15 is 0 Å². The van der Waals surface area contributed by atoms with Crippen molar-refractivity contribution in [3.05, 3.63) is 65.7 Å². The highest BCUT2D eigenvalue weighted by atomic mass is 33.1. The lowest BCUT2D eigenvalue weighted by Gasteiger charge is -2.17. The van der Waals surface area contributed by atoms with Crippen LogP contribution in [0.15, 0.2) is 59.6 Å². The second-order valence-corrected chi connectivity index (χ2v) is 10.2. The third-order valence-electron chi connectivity index (χ3n) is 3.87. The van der Waals surface area contributed by atoms with Gasteiger partial charge in [0.25, 0.3) is 0 Å². The number of aromatic nitrogens is 3. The standard InChI is InChI=1S/C21H25N3S2/c1-5-16-11-13-18(14-12-16)19-20(25-26-21(2,3)4)24(23-22-19)15-17-9-7-6-8-10-17/h6-14H,5,15H2,1-4H3. The monoisotopic (exact) mass is 383 g/mol. The van der Waals surface area contributed by atoms with E-state index in [9.17, 15) is 0 Å². The first-order valence-electron chi connectivity index (χ1n) is 8.88. The van der Waals surface area contributed by atoms with Crippen molar-refractivity contribution in [2.45, 2.75) is 50.4 Å². The van der Waals surface area contributed by atoms with Gasteiger partial charge in [-0.3, -0.25) is 0 Å². The fraction of sp³-hybridized carbons (Fsp3) is 0.333. The Labute approximate surface area is 164 Å². The molecule has 0 unspecified atom stereocenters. The van der Waals surface area contributed by atoms with Crippen LogP contribution >= 0.6 is 21.6 Å². The highest BCUT2D eigenvalue weighted by molar-refractivity contribution is 8.77. The van der Waals surface area contributed by atoms with E-state index in [4.69, 9.17) is 0 Å². The van der Waals surface area contributed by atoms with Gasteiger partial charge in [0, 0.05) is 10.3 Å². The van der Waals surface area contributed by atoms with Crippen molar-refractivity contribution in [1.29, 1.82) is 0 Å². The normalized spacial score (nSPS) is 11.7. The van der Waals surface area contributed by atoms with Gasteiger partial charge in [0.05, 0.1) is 6.54 Å². The highest BCUT2D eigenvalue weighted by Gasteiger charge is 2.20. The molecule has 5 heteroatoms. The molecule has 0 atom stereocenters. The predicted octanol–water partition coefficient (Wildman–Crippen LogP) is 6.09. The molecule has 1 heterocycles. The predicted molar refractivity (Wildman–Crippen MR) is 114 cm³/mol. The van der Waals surface area contributed by atoms with E-state index in [2.05, 4.69) is 86.5 Å². The molecule has 0 amide bonds. The van der Waals surface area contributed by atoms with Crippen molar-refractivity contribution < 1.29 is 0 Å². The smallest absolute Gasteiger partial charge is 0.133 e. The summed E-state index contributed by atoms with van der Waals surface area (Å²) in [7, 11) is 3.61. The number of benzene rings is 2. The van der Waals surface area contributed by atoms with Crippen LogP contribution in [0, 0.1) is 0 Å². The maximum Gasteiger partial charge on any atom is 0.133 e. The second kappa shape index (κ2) is 8.31. The molecule has 0 aliphatic heterocycles. The molecule has 0 spiro atoms. The molecule has 3 rings (SSSR count). The van der Waals surface area contributed by atoms with Gasteiger partial charge >= 0.3 is 0 Å². The topological polar surface area (TPSA) is 30.7 Å². The zero-order chi connectivity index (χ0) is 18.6. The second-order valence-electron chi connectivity index (χ2n) is 7.22. The van der Waals surface area contributed by atoms with Crippen LogP contribution < -0.4 is 0 Å².